The number of carboxylic acids is 1. The van der Waals surface area contributed by atoms with Crippen LogP contribution in [-0.2, 0) is 16.1 Å². The zero-order valence-corrected chi connectivity index (χ0v) is 10.9. The quantitative estimate of drug-likeness (QED) is 0.861. The average molecular weight is 266 g/mol. The van der Waals surface area contributed by atoms with Gasteiger partial charge in [-0.1, -0.05) is 6.92 Å². The maximum atomic E-state index is 11.6. The van der Waals surface area contributed by atoms with Crippen LogP contribution in [0, 0.1) is 11.3 Å². The van der Waals surface area contributed by atoms with Gasteiger partial charge in [0.25, 0.3) is 0 Å². The number of tetrazole rings is 1. The van der Waals surface area contributed by atoms with Crippen LogP contribution in [-0.4, -0.2) is 44.5 Å². The summed E-state index contributed by atoms with van der Waals surface area (Å²) in [7, 11) is 0. The molecule has 1 aromatic heterocycles. The van der Waals surface area contributed by atoms with E-state index in [2.05, 4.69) is 22.4 Å². The zero-order valence-electron chi connectivity index (χ0n) is 10.9. The molecule has 1 aromatic rings. The number of nitrogens with zero attached hydrogens (tertiary/aromatic N) is 4. The maximum Gasteiger partial charge on any atom is 0.311 e. The second-order valence-electron chi connectivity index (χ2n) is 5.71. The highest BCUT2D eigenvalue weighted by Gasteiger charge is 2.44. The Labute approximate surface area is 110 Å². The van der Waals surface area contributed by atoms with Crippen molar-refractivity contribution in [3.05, 3.63) is 5.82 Å². The van der Waals surface area contributed by atoms with Crippen LogP contribution in [0.1, 0.15) is 37.9 Å². The third kappa shape index (κ3) is 2.22. The van der Waals surface area contributed by atoms with Crippen molar-refractivity contribution in [1.29, 1.82) is 0 Å². The Morgan fingerprint density at radius 2 is 2.21 bits per heavy atom. The van der Waals surface area contributed by atoms with E-state index in [4.69, 9.17) is 4.74 Å². The molecule has 104 valence electrons. The van der Waals surface area contributed by atoms with Crippen LogP contribution in [0.25, 0.3) is 0 Å². The number of hydrogen-bond acceptors (Lipinski definition) is 5. The molecule has 3 rings (SSSR count). The molecular formula is C12H18N4O3. The molecule has 0 bridgehead atoms. The smallest absolute Gasteiger partial charge is 0.311 e. The lowest BCUT2D eigenvalue weighted by Crippen LogP contribution is -2.41. The highest BCUT2D eigenvalue weighted by atomic mass is 16.5. The topological polar surface area (TPSA) is 90.1 Å². The van der Waals surface area contributed by atoms with Gasteiger partial charge in [0.05, 0.1) is 12.0 Å². The largest absolute Gasteiger partial charge is 0.481 e. The first-order chi connectivity index (χ1) is 9.12. The van der Waals surface area contributed by atoms with Crippen LogP contribution in [0.4, 0.5) is 0 Å². The summed E-state index contributed by atoms with van der Waals surface area (Å²) in [6.07, 6.45) is 2.12. The van der Waals surface area contributed by atoms with Crippen LogP contribution < -0.4 is 0 Å². The van der Waals surface area contributed by atoms with Gasteiger partial charge in [-0.25, -0.2) is 4.68 Å². The van der Waals surface area contributed by atoms with Gasteiger partial charge in [0, 0.05) is 19.1 Å². The summed E-state index contributed by atoms with van der Waals surface area (Å²) in [6, 6.07) is 0. The molecule has 0 radical (unpaired) electrons. The lowest BCUT2D eigenvalue weighted by Gasteiger charge is -2.32. The van der Waals surface area contributed by atoms with Gasteiger partial charge >= 0.3 is 5.97 Å². The van der Waals surface area contributed by atoms with Crippen molar-refractivity contribution in [2.24, 2.45) is 11.3 Å². The first-order valence-corrected chi connectivity index (χ1v) is 6.70. The molecule has 1 aliphatic carbocycles. The minimum Gasteiger partial charge on any atom is -0.481 e. The van der Waals surface area contributed by atoms with E-state index in [0.29, 0.717) is 44.4 Å². The number of aromatic nitrogens is 4. The predicted octanol–water partition coefficient (Wildman–Crippen LogP) is 0.678. The number of carboxylic acid groups (broad SMARTS) is 1. The fraction of sp³-hybridized carbons (Fsp3) is 0.833. The molecule has 7 nitrogen and oxygen atoms in total. The van der Waals surface area contributed by atoms with Crippen LogP contribution in [0.15, 0.2) is 0 Å². The number of aliphatic carboxylic acids is 1. The molecule has 1 saturated carbocycles. The van der Waals surface area contributed by atoms with Crippen molar-refractivity contribution >= 4 is 5.97 Å². The average Bonchev–Trinajstić information content (AvgIpc) is 2.95. The number of rotatable bonds is 4. The monoisotopic (exact) mass is 266 g/mol. The second-order valence-corrected chi connectivity index (χ2v) is 5.71. The van der Waals surface area contributed by atoms with Crippen molar-refractivity contribution in [2.75, 3.05) is 13.2 Å². The number of ether oxygens (including phenoxy) is 1. The normalized spacial score (nSPS) is 29.1. The summed E-state index contributed by atoms with van der Waals surface area (Å²) in [5, 5.41) is 21.3. The van der Waals surface area contributed by atoms with E-state index >= 15 is 0 Å². The van der Waals surface area contributed by atoms with Gasteiger partial charge in [0.2, 0.25) is 0 Å². The van der Waals surface area contributed by atoms with E-state index in [1.165, 1.54) is 0 Å². The third-order valence-electron chi connectivity index (χ3n) is 4.36. The number of carbonyl (C=O) groups is 1. The summed E-state index contributed by atoms with van der Waals surface area (Å²) in [4.78, 5) is 11.6. The van der Waals surface area contributed by atoms with Gasteiger partial charge in [0.15, 0.2) is 5.82 Å². The van der Waals surface area contributed by atoms with E-state index in [1.54, 1.807) is 4.68 Å². The van der Waals surface area contributed by atoms with Crippen molar-refractivity contribution in [3.63, 3.8) is 0 Å². The lowest BCUT2D eigenvalue weighted by atomic mass is 9.80. The molecule has 2 aliphatic rings. The van der Waals surface area contributed by atoms with Gasteiger partial charge in [-0.05, 0) is 35.6 Å². The molecule has 19 heavy (non-hydrogen) atoms. The Bertz CT molecular complexity index is 481. The minimum absolute atomic E-state index is 0.344. The zero-order chi connectivity index (χ0) is 13.5. The summed E-state index contributed by atoms with van der Waals surface area (Å²) in [6.45, 7) is 3.48. The molecule has 2 fully saturated rings. The highest BCUT2D eigenvalue weighted by molar-refractivity contribution is 5.74. The van der Waals surface area contributed by atoms with E-state index in [-0.39, 0.29) is 0 Å². The van der Waals surface area contributed by atoms with Gasteiger partial charge < -0.3 is 9.84 Å². The van der Waals surface area contributed by atoms with Gasteiger partial charge in [-0.2, -0.15) is 0 Å². The Morgan fingerprint density at radius 1 is 1.53 bits per heavy atom. The standard InChI is InChI=1S/C12H18N4O3/c1-8-6-9(8)10-13-14-15-16(10)7-12(11(17)18)2-4-19-5-3-12/h8-9H,2-7H2,1H3,(H,17,18). The Morgan fingerprint density at radius 3 is 2.79 bits per heavy atom. The fourth-order valence-electron chi connectivity index (χ4n) is 2.76. The molecule has 2 heterocycles. The number of hydrogen-bond donors (Lipinski definition) is 1. The molecule has 1 aliphatic heterocycles. The van der Waals surface area contributed by atoms with E-state index in [1.807, 2.05) is 0 Å². The van der Waals surface area contributed by atoms with Gasteiger partial charge in [0.1, 0.15) is 0 Å². The first-order valence-electron chi connectivity index (χ1n) is 6.70. The molecule has 7 heteroatoms. The summed E-state index contributed by atoms with van der Waals surface area (Å²) >= 11 is 0. The van der Waals surface area contributed by atoms with Gasteiger partial charge in [-0.15, -0.1) is 5.10 Å². The van der Waals surface area contributed by atoms with E-state index in [0.717, 1.165) is 12.2 Å². The first kappa shape index (κ1) is 12.5. The van der Waals surface area contributed by atoms with Crippen molar-refractivity contribution in [3.8, 4) is 0 Å². The molecule has 2 atom stereocenters. The minimum atomic E-state index is -0.791. The fourth-order valence-corrected chi connectivity index (χ4v) is 2.76. The molecule has 0 spiro atoms. The van der Waals surface area contributed by atoms with Crippen LogP contribution in [0.3, 0.4) is 0 Å². The van der Waals surface area contributed by atoms with Crippen LogP contribution in [0.5, 0.6) is 0 Å². The molecule has 1 N–H and O–H groups in total. The maximum absolute atomic E-state index is 11.6. The summed E-state index contributed by atoms with van der Waals surface area (Å²) in [5.41, 5.74) is -0.791. The molecule has 2 unspecified atom stereocenters. The van der Waals surface area contributed by atoms with E-state index < -0.39 is 11.4 Å². The van der Waals surface area contributed by atoms with Crippen molar-refractivity contribution in [1.82, 2.24) is 20.2 Å². The Hall–Kier alpha value is -1.50. The van der Waals surface area contributed by atoms with E-state index in [9.17, 15) is 9.90 Å². The lowest BCUT2D eigenvalue weighted by molar-refractivity contribution is -0.156. The third-order valence-corrected chi connectivity index (χ3v) is 4.36. The van der Waals surface area contributed by atoms with Crippen molar-refractivity contribution < 1.29 is 14.6 Å². The van der Waals surface area contributed by atoms with Crippen LogP contribution in [0.2, 0.25) is 0 Å². The predicted molar refractivity (Wildman–Crippen MR) is 64.5 cm³/mol. The SMILES string of the molecule is CC1CC1c1nnnn1CC1(C(=O)O)CCOCC1. The molecule has 0 aromatic carbocycles. The highest BCUT2D eigenvalue weighted by Crippen LogP contribution is 2.46. The second kappa shape index (κ2) is 4.56. The Kier molecular flexibility index (Phi) is 3.00. The summed E-state index contributed by atoms with van der Waals surface area (Å²) < 4.78 is 6.97. The summed E-state index contributed by atoms with van der Waals surface area (Å²) in [5.74, 6) is 1.04. The van der Waals surface area contributed by atoms with Crippen LogP contribution >= 0.6 is 0 Å². The molecular weight excluding hydrogens is 248 g/mol. The Balaban J connectivity index is 1.82. The molecule has 1 saturated heterocycles. The molecule has 0 amide bonds. The van der Waals surface area contributed by atoms with Gasteiger partial charge in [-0.3, -0.25) is 4.79 Å². The van der Waals surface area contributed by atoms with Crippen molar-refractivity contribution in [2.45, 2.75) is 38.6 Å².